The van der Waals surface area contributed by atoms with Gasteiger partial charge in [-0.1, -0.05) is 78.6 Å². The summed E-state index contributed by atoms with van der Waals surface area (Å²) < 4.78 is 4.88. The molecule has 0 amide bonds. The number of carboxylic acids is 1. The first-order chi connectivity index (χ1) is 14.2. The maximum absolute atomic E-state index is 12.4. The lowest BCUT2D eigenvalue weighted by atomic mass is 9.74. The maximum Gasteiger partial charge on any atom is 0.312 e. The molecule has 0 spiro atoms. The molecule has 0 radical (unpaired) electrons. The van der Waals surface area contributed by atoms with E-state index in [0.717, 1.165) is 32.1 Å². The van der Waals surface area contributed by atoms with Crippen LogP contribution in [0.2, 0.25) is 0 Å². The molecule has 1 aliphatic rings. The van der Waals surface area contributed by atoms with Crippen LogP contribution in [0.3, 0.4) is 0 Å². The topological polar surface area (TPSA) is 83.8 Å². The number of carboxylic acid groups (broad SMARTS) is 1. The molecule has 0 heterocycles. The van der Waals surface area contributed by atoms with E-state index in [1.165, 1.54) is 58.5 Å². The molecule has 5 nitrogen and oxygen atoms in total. The van der Waals surface area contributed by atoms with Gasteiger partial charge in [-0.2, -0.15) is 0 Å². The predicted molar refractivity (Wildman–Crippen MR) is 120 cm³/mol. The van der Waals surface area contributed by atoms with E-state index in [9.17, 15) is 19.8 Å². The number of carbonyl (C=O) groups excluding carboxylic acids is 1. The molecule has 0 aromatic rings. The monoisotopic (exact) mass is 426 g/mol. The summed E-state index contributed by atoms with van der Waals surface area (Å²) in [4.78, 5) is 24.0. The second-order valence-electron chi connectivity index (χ2n) is 9.96. The summed E-state index contributed by atoms with van der Waals surface area (Å²) in [6.07, 6.45) is 14.2. The van der Waals surface area contributed by atoms with Gasteiger partial charge in [0.05, 0.1) is 0 Å². The van der Waals surface area contributed by atoms with Crippen LogP contribution < -0.4 is 0 Å². The molecule has 2 unspecified atom stereocenters. The Balaban J connectivity index is 2.37. The molecular formula is C25H46O5. The molecular weight excluding hydrogens is 380 g/mol. The zero-order valence-electron chi connectivity index (χ0n) is 19.8. The average Bonchev–Trinajstić information content (AvgIpc) is 3.03. The molecule has 0 aromatic heterocycles. The molecule has 1 aliphatic carbocycles. The number of unbranched alkanes of at least 4 members (excludes halogenated alkanes) is 7. The summed E-state index contributed by atoms with van der Waals surface area (Å²) in [6.45, 7) is 5.99. The van der Waals surface area contributed by atoms with Crippen LogP contribution in [0.15, 0.2) is 0 Å². The highest BCUT2D eigenvalue weighted by Crippen LogP contribution is 2.39. The van der Waals surface area contributed by atoms with Gasteiger partial charge in [-0.25, -0.2) is 0 Å². The normalized spacial score (nSPS) is 21.7. The van der Waals surface area contributed by atoms with E-state index in [4.69, 9.17) is 4.74 Å². The van der Waals surface area contributed by atoms with E-state index in [2.05, 4.69) is 6.92 Å². The van der Waals surface area contributed by atoms with Gasteiger partial charge in [0.2, 0.25) is 0 Å². The number of hydrogen-bond donors (Lipinski definition) is 2. The Morgan fingerprint density at radius 1 is 1.07 bits per heavy atom. The molecule has 0 aromatic carbocycles. The summed E-state index contributed by atoms with van der Waals surface area (Å²) >= 11 is 0. The number of carbonyl (C=O) groups is 2. The molecule has 30 heavy (non-hydrogen) atoms. The summed E-state index contributed by atoms with van der Waals surface area (Å²) in [7, 11) is 1.33. The Kier molecular flexibility index (Phi) is 12.8. The fourth-order valence-corrected chi connectivity index (χ4v) is 5.16. The quantitative estimate of drug-likeness (QED) is 0.221. The molecule has 1 rings (SSSR count). The Labute approximate surface area is 184 Å². The van der Waals surface area contributed by atoms with E-state index in [1.807, 2.05) is 13.8 Å². The third-order valence-electron chi connectivity index (χ3n) is 7.14. The van der Waals surface area contributed by atoms with Crippen LogP contribution in [-0.2, 0) is 14.3 Å². The minimum absolute atomic E-state index is 0.202. The Morgan fingerprint density at radius 3 is 2.27 bits per heavy atom. The lowest BCUT2D eigenvalue weighted by molar-refractivity contribution is -0.178. The summed E-state index contributed by atoms with van der Waals surface area (Å²) in [6, 6.07) is 0. The number of Topliss-reactive ketones (excluding diaryl/α,β-unsaturated/α-hetero) is 1. The predicted octanol–water partition coefficient (Wildman–Crippen LogP) is 5.97. The molecule has 2 N–H and O–H groups in total. The fraction of sp³-hybridized carbons (Fsp3) is 0.920. The summed E-state index contributed by atoms with van der Waals surface area (Å²) in [5.41, 5.74) is -0.571. The molecule has 1 fully saturated rings. The molecule has 4 atom stereocenters. The lowest BCUT2D eigenvalue weighted by Crippen LogP contribution is -2.41. The van der Waals surface area contributed by atoms with Crippen molar-refractivity contribution in [1.82, 2.24) is 0 Å². The van der Waals surface area contributed by atoms with Crippen LogP contribution in [0.1, 0.15) is 111 Å². The largest absolute Gasteiger partial charge is 0.481 e. The van der Waals surface area contributed by atoms with Crippen molar-refractivity contribution in [3.63, 3.8) is 0 Å². The van der Waals surface area contributed by atoms with Crippen molar-refractivity contribution in [2.24, 2.45) is 23.2 Å². The fourth-order valence-electron chi connectivity index (χ4n) is 5.16. The minimum Gasteiger partial charge on any atom is -0.481 e. The molecule has 176 valence electrons. The van der Waals surface area contributed by atoms with Crippen LogP contribution in [0, 0.1) is 23.2 Å². The van der Waals surface area contributed by atoms with Gasteiger partial charge in [-0.15, -0.1) is 0 Å². The van der Waals surface area contributed by atoms with Crippen LogP contribution in [-0.4, -0.2) is 35.4 Å². The van der Waals surface area contributed by atoms with Gasteiger partial charge in [0.1, 0.15) is 11.7 Å². The van der Waals surface area contributed by atoms with E-state index in [1.54, 1.807) is 0 Å². The number of aliphatic carboxylic acids is 1. The number of hydrogen-bond acceptors (Lipinski definition) is 4. The molecule has 0 bridgehead atoms. The average molecular weight is 427 g/mol. The smallest absolute Gasteiger partial charge is 0.312 e. The standard InChI is InChI=1S/C25H46O5/c1-5-6-7-8-9-10-11-14-19-16-17-21(26)20(19)15-12-13-18-25(2,3)22(23(27)28)24(29)30-4/h19-20,22,24,29H,5-18H2,1-4H3,(H,27,28)/t19-,20+,22?,24?/m0/s1. The third-order valence-corrected chi connectivity index (χ3v) is 7.14. The highest BCUT2D eigenvalue weighted by atomic mass is 16.6. The van der Waals surface area contributed by atoms with Gasteiger partial charge in [0.15, 0.2) is 6.29 Å². The zero-order valence-corrected chi connectivity index (χ0v) is 19.8. The van der Waals surface area contributed by atoms with E-state index in [0.29, 0.717) is 18.1 Å². The van der Waals surface area contributed by atoms with Crippen molar-refractivity contribution < 1.29 is 24.5 Å². The molecule has 5 heteroatoms. The van der Waals surface area contributed by atoms with Crippen molar-refractivity contribution in [3.8, 4) is 0 Å². The zero-order chi connectivity index (χ0) is 22.6. The number of ketones is 1. The van der Waals surface area contributed by atoms with Crippen molar-refractivity contribution in [2.45, 2.75) is 117 Å². The first-order valence-electron chi connectivity index (χ1n) is 12.2. The van der Waals surface area contributed by atoms with E-state index < -0.39 is 23.6 Å². The Morgan fingerprint density at radius 2 is 1.67 bits per heavy atom. The Hall–Kier alpha value is -0.940. The number of aliphatic hydroxyl groups is 1. The molecule has 0 saturated heterocycles. The van der Waals surface area contributed by atoms with Crippen LogP contribution in [0.4, 0.5) is 0 Å². The van der Waals surface area contributed by atoms with Crippen LogP contribution in [0.5, 0.6) is 0 Å². The molecule has 1 saturated carbocycles. The number of aliphatic hydroxyl groups excluding tert-OH is 1. The number of ether oxygens (including phenoxy) is 1. The summed E-state index contributed by atoms with van der Waals surface area (Å²) in [5, 5.41) is 19.4. The number of rotatable bonds is 17. The third kappa shape index (κ3) is 9.05. The van der Waals surface area contributed by atoms with Crippen molar-refractivity contribution in [2.75, 3.05) is 7.11 Å². The van der Waals surface area contributed by atoms with Gasteiger partial charge in [-0.05, 0) is 37.0 Å². The number of methoxy groups -OCH3 is 1. The highest BCUT2D eigenvalue weighted by molar-refractivity contribution is 5.83. The summed E-state index contributed by atoms with van der Waals surface area (Å²) in [5.74, 6) is -0.813. The maximum atomic E-state index is 12.4. The van der Waals surface area contributed by atoms with E-state index >= 15 is 0 Å². The second-order valence-corrected chi connectivity index (χ2v) is 9.96. The first kappa shape index (κ1) is 27.1. The Bertz CT molecular complexity index is 502. The highest BCUT2D eigenvalue weighted by Gasteiger charge is 2.40. The molecule has 0 aliphatic heterocycles. The first-order valence-corrected chi connectivity index (χ1v) is 12.2. The van der Waals surface area contributed by atoms with E-state index in [-0.39, 0.29) is 5.92 Å². The second kappa shape index (κ2) is 14.2. The van der Waals surface area contributed by atoms with Crippen molar-refractivity contribution >= 4 is 11.8 Å². The minimum atomic E-state index is -1.31. The van der Waals surface area contributed by atoms with Crippen LogP contribution in [0.25, 0.3) is 0 Å². The van der Waals surface area contributed by atoms with Crippen molar-refractivity contribution in [1.29, 1.82) is 0 Å². The van der Waals surface area contributed by atoms with Gasteiger partial charge in [0, 0.05) is 19.4 Å². The van der Waals surface area contributed by atoms with Gasteiger partial charge >= 0.3 is 5.97 Å². The van der Waals surface area contributed by atoms with Crippen LogP contribution >= 0.6 is 0 Å². The van der Waals surface area contributed by atoms with Gasteiger partial charge < -0.3 is 14.9 Å². The van der Waals surface area contributed by atoms with Gasteiger partial charge in [0.25, 0.3) is 0 Å². The lowest BCUT2D eigenvalue weighted by Gasteiger charge is -2.34. The SMILES string of the molecule is CCCCCCCCC[C@H]1CCC(=O)[C@@H]1CCCCC(C)(C)C(C(=O)O)C(O)OC. The van der Waals surface area contributed by atoms with Gasteiger partial charge in [-0.3, -0.25) is 9.59 Å². The van der Waals surface area contributed by atoms with Crippen molar-refractivity contribution in [3.05, 3.63) is 0 Å².